The number of rotatable bonds is 1. The van der Waals surface area contributed by atoms with Crippen molar-refractivity contribution in [3.63, 3.8) is 0 Å². The number of hydrogen-bond acceptors (Lipinski definition) is 3. The van der Waals surface area contributed by atoms with Gasteiger partial charge in [-0.15, -0.1) is 0 Å². The molecule has 1 atom stereocenters. The van der Waals surface area contributed by atoms with E-state index in [0.717, 1.165) is 0 Å². The van der Waals surface area contributed by atoms with Gasteiger partial charge in [0.05, 0.1) is 5.41 Å². The average molecular weight is 229 g/mol. The third kappa shape index (κ3) is 2.87. The van der Waals surface area contributed by atoms with Crippen molar-refractivity contribution in [2.75, 3.05) is 13.1 Å². The molecule has 0 aliphatic carbocycles. The van der Waals surface area contributed by atoms with Gasteiger partial charge in [0.1, 0.15) is 5.60 Å². The van der Waals surface area contributed by atoms with Crippen LogP contribution < -0.4 is 0 Å². The zero-order valence-corrected chi connectivity index (χ0v) is 10.2. The molecule has 0 bridgehead atoms. The van der Waals surface area contributed by atoms with Gasteiger partial charge in [-0.25, -0.2) is 4.79 Å². The van der Waals surface area contributed by atoms with Gasteiger partial charge in [0.2, 0.25) is 0 Å². The Morgan fingerprint density at radius 3 is 2.31 bits per heavy atom. The summed E-state index contributed by atoms with van der Waals surface area (Å²) in [6.07, 6.45) is -0.457. The molecule has 0 spiro atoms. The number of likely N-dealkylation sites (tertiary alicyclic amines) is 1. The third-order valence-electron chi connectivity index (χ3n) is 2.64. The molecule has 1 heterocycles. The topological polar surface area (TPSA) is 66.8 Å². The first-order chi connectivity index (χ1) is 7.14. The highest BCUT2D eigenvalue weighted by Gasteiger charge is 2.44. The molecule has 5 heteroatoms. The van der Waals surface area contributed by atoms with Gasteiger partial charge in [-0.05, 0) is 34.1 Å². The van der Waals surface area contributed by atoms with E-state index in [4.69, 9.17) is 9.84 Å². The summed E-state index contributed by atoms with van der Waals surface area (Å²) in [5.74, 6) is -0.316. The van der Waals surface area contributed by atoms with Crippen LogP contribution in [0.3, 0.4) is 0 Å². The average Bonchev–Trinajstić information content (AvgIpc) is 2.46. The molecule has 1 unspecified atom stereocenters. The number of carbonyl (C=O) groups is 2. The highest BCUT2D eigenvalue weighted by molar-refractivity contribution is 5.79. The molecule has 1 fully saturated rings. The summed E-state index contributed by atoms with van der Waals surface area (Å²) in [4.78, 5) is 23.9. The Balaban J connectivity index is 2.67. The fraction of sp³-hybridized carbons (Fsp3) is 0.818. The predicted octanol–water partition coefficient (Wildman–Crippen LogP) is 1.72. The Morgan fingerprint density at radius 1 is 1.38 bits per heavy atom. The van der Waals surface area contributed by atoms with Gasteiger partial charge >= 0.3 is 12.1 Å². The van der Waals surface area contributed by atoms with E-state index in [2.05, 4.69) is 0 Å². The zero-order chi connectivity index (χ0) is 12.6. The van der Waals surface area contributed by atoms with Crippen molar-refractivity contribution in [3.8, 4) is 0 Å². The molecule has 1 amide bonds. The monoisotopic (exact) mass is 229 g/mol. The van der Waals surface area contributed by atoms with Crippen LogP contribution in [-0.2, 0) is 9.53 Å². The Bertz CT molecular complexity index is 308. The molecule has 0 saturated carbocycles. The second-order valence-corrected chi connectivity index (χ2v) is 5.52. The molecule has 1 rings (SSSR count). The quantitative estimate of drug-likeness (QED) is 0.695. The summed E-state index contributed by atoms with van der Waals surface area (Å²) in [5.41, 5.74) is -1.23. The van der Waals surface area contributed by atoms with Crippen molar-refractivity contribution in [1.82, 2.24) is 4.90 Å². The lowest BCUT2D eigenvalue weighted by Gasteiger charge is -2.27. The molecule has 1 saturated heterocycles. The van der Waals surface area contributed by atoms with E-state index in [1.807, 2.05) is 0 Å². The highest BCUT2D eigenvalue weighted by atomic mass is 16.6. The summed E-state index contributed by atoms with van der Waals surface area (Å²) < 4.78 is 5.29. The molecule has 1 N–H and O–H groups in total. The summed E-state index contributed by atoms with van der Waals surface area (Å²) in [5, 5.41) is 8.83. The van der Waals surface area contributed by atoms with Gasteiger partial charge in [-0.2, -0.15) is 0 Å². The molecule has 16 heavy (non-hydrogen) atoms. The van der Waals surface area contributed by atoms with Gasteiger partial charge in [-0.1, -0.05) is 0 Å². The van der Waals surface area contributed by atoms with Crippen molar-refractivity contribution in [2.24, 2.45) is 5.41 Å². The fourth-order valence-electron chi connectivity index (χ4n) is 1.69. The minimum absolute atomic E-state index is 0.219. The van der Waals surface area contributed by atoms with E-state index in [9.17, 15) is 9.59 Å². The van der Waals surface area contributed by atoms with Crippen LogP contribution in [0.1, 0.15) is 34.1 Å². The molecule has 0 aromatic heterocycles. The molecule has 1 aliphatic heterocycles. The first kappa shape index (κ1) is 12.8. The summed E-state index contributed by atoms with van der Waals surface area (Å²) in [7, 11) is 0. The molecule has 0 radical (unpaired) electrons. The van der Waals surface area contributed by atoms with Crippen LogP contribution in [0.15, 0.2) is 0 Å². The number of amides is 1. The SMILES string of the molecule is CC(C)(C)OC(=O)C1(C)CCN(C(=O)O)C1. The molecular weight excluding hydrogens is 210 g/mol. The smallest absolute Gasteiger partial charge is 0.407 e. The van der Waals surface area contributed by atoms with Gasteiger partial charge in [0.15, 0.2) is 0 Å². The van der Waals surface area contributed by atoms with Crippen LogP contribution >= 0.6 is 0 Å². The second-order valence-electron chi connectivity index (χ2n) is 5.52. The Hall–Kier alpha value is -1.26. The van der Waals surface area contributed by atoms with Gasteiger partial charge in [0.25, 0.3) is 0 Å². The Kier molecular flexibility index (Phi) is 3.17. The van der Waals surface area contributed by atoms with Crippen molar-refractivity contribution in [3.05, 3.63) is 0 Å². The normalized spacial score (nSPS) is 25.6. The molecular formula is C11H19NO4. The van der Waals surface area contributed by atoms with Crippen LogP contribution in [0.25, 0.3) is 0 Å². The summed E-state index contributed by atoms with van der Waals surface area (Å²) >= 11 is 0. The van der Waals surface area contributed by atoms with E-state index in [1.165, 1.54) is 4.90 Å². The number of esters is 1. The summed E-state index contributed by atoms with van der Waals surface area (Å²) in [6, 6.07) is 0. The lowest BCUT2D eigenvalue weighted by atomic mass is 9.90. The molecule has 0 aromatic carbocycles. The first-order valence-electron chi connectivity index (χ1n) is 5.35. The minimum atomic E-state index is -0.979. The van der Waals surface area contributed by atoms with Crippen molar-refractivity contribution < 1.29 is 19.4 Å². The highest BCUT2D eigenvalue weighted by Crippen LogP contribution is 2.32. The van der Waals surface area contributed by atoms with E-state index >= 15 is 0 Å². The van der Waals surface area contributed by atoms with Gasteiger partial charge in [-0.3, -0.25) is 4.79 Å². The van der Waals surface area contributed by atoms with Gasteiger partial charge in [0, 0.05) is 13.1 Å². The Labute approximate surface area is 95.4 Å². The van der Waals surface area contributed by atoms with Crippen LogP contribution in [0.5, 0.6) is 0 Å². The second kappa shape index (κ2) is 3.96. The van der Waals surface area contributed by atoms with E-state index in [0.29, 0.717) is 13.0 Å². The molecule has 92 valence electrons. The third-order valence-corrected chi connectivity index (χ3v) is 2.64. The number of carboxylic acid groups (broad SMARTS) is 1. The standard InChI is InChI=1S/C11H19NO4/c1-10(2,3)16-8(13)11(4)5-6-12(7-11)9(14)15/h5-7H2,1-4H3,(H,14,15). The maximum atomic E-state index is 11.9. The largest absolute Gasteiger partial charge is 0.465 e. The fourth-order valence-corrected chi connectivity index (χ4v) is 1.69. The first-order valence-corrected chi connectivity index (χ1v) is 5.35. The number of ether oxygens (including phenoxy) is 1. The maximum Gasteiger partial charge on any atom is 0.407 e. The van der Waals surface area contributed by atoms with E-state index < -0.39 is 17.1 Å². The zero-order valence-electron chi connectivity index (χ0n) is 10.2. The van der Waals surface area contributed by atoms with Crippen molar-refractivity contribution in [2.45, 2.75) is 39.7 Å². The lowest BCUT2D eigenvalue weighted by molar-refractivity contribution is -0.165. The van der Waals surface area contributed by atoms with Crippen molar-refractivity contribution >= 4 is 12.1 Å². The lowest BCUT2D eigenvalue weighted by Crippen LogP contribution is -2.38. The van der Waals surface area contributed by atoms with Crippen LogP contribution in [0.4, 0.5) is 4.79 Å². The van der Waals surface area contributed by atoms with Crippen LogP contribution in [0.2, 0.25) is 0 Å². The van der Waals surface area contributed by atoms with Crippen LogP contribution in [-0.4, -0.2) is 40.8 Å². The molecule has 5 nitrogen and oxygen atoms in total. The van der Waals surface area contributed by atoms with E-state index in [1.54, 1.807) is 27.7 Å². The maximum absolute atomic E-state index is 11.9. The van der Waals surface area contributed by atoms with Gasteiger partial charge < -0.3 is 14.7 Å². The number of hydrogen-bond donors (Lipinski definition) is 1. The number of nitrogens with zero attached hydrogens (tertiary/aromatic N) is 1. The van der Waals surface area contributed by atoms with E-state index in [-0.39, 0.29) is 12.5 Å². The minimum Gasteiger partial charge on any atom is -0.465 e. The predicted molar refractivity (Wildman–Crippen MR) is 58.2 cm³/mol. The van der Waals surface area contributed by atoms with Crippen molar-refractivity contribution in [1.29, 1.82) is 0 Å². The number of carbonyl (C=O) groups excluding carboxylic acids is 1. The molecule has 0 aromatic rings. The summed E-state index contributed by atoms with van der Waals surface area (Å²) in [6.45, 7) is 7.78. The van der Waals surface area contributed by atoms with Crippen LogP contribution in [0, 0.1) is 5.41 Å². The molecule has 1 aliphatic rings. The Morgan fingerprint density at radius 2 is 1.94 bits per heavy atom.